The van der Waals surface area contributed by atoms with Gasteiger partial charge in [0.25, 0.3) is 0 Å². The number of anilines is 2. The molecule has 0 fully saturated rings. The Bertz CT molecular complexity index is 940. The zero-order valence-electron chi connectivity index (χ0n) is 15.4. The lowest BCUT2D eigenvalue weighted by molar-refractivity contribution is -0.137. The molecule has 0 radical (unpaired) electrons. The topological polar surface area (TPSA) is 50.1 Å². The van der Waals surface area contributed by atoms with Crippen molar-refractivity contribution in [2.75, 3.05) is 5.32 Å². The van der Waals surface area contributed by atoms with Gasteiger partial charge in [0.1, 0.15) is 5.82 Å². The van der Waals surface area contributed by atoms with E-state index in [2.05, 4.69) is 10.3 Å². The maximum atomic E-state index is 13.0. The molecular formula is C20H22F3N3O. The van der Waals surface area contributed by atoms with Gasteiger partial charge in [0.2, 0.25) is 0 Å². The molecule has 2 heterocycles. The van der Waals surface area contributed by atoms with E-state index in [1.54, 1.807) is 20.0 Å². The number of rotatable bonds is 5. The van der Waals surface area contributed by atoms with E-state index in [4.69, 9.17) is 0 Å². The quantitative estimate of drug-likeness (QED) is 0.644. The van der Waals surface area contributed by atoms with Gasteiger partial charge in [-0.1, -0.05) is 6.92 Å². The van der Waals surface area contributed by atoms with Gasteiger partial charge in [-0.05, 0) is 55.7 Å². The average molecular weight is 377 g/mol. The fourth-order valence-corrected chi connectivity index (χ4v) is 3.18. The summed E-state index contributed by atoms with van der Waals surface area (Å²) in [5, 5.41) is 13.9. The molecular weight excluding hydrogens is 355 g/mol. The Morgan fingerprint density at radius 3 is 2.44 bits per heavy atom. The molecule has 4 nitrogen and oxygen atoms in total. The van der Waals surface area contributed by atoms with Gasteiger partial charge in [0.15, 0.2) is 0 Å². The second-order valence-corrected chi connectivity index (χ2v) is 6.73. The van der Waals surface area contributed by atoms with Crippen molar-refractivity contribution in [1.29, 1.82) is 0 Å². The van der Waals surface area contributed by atoms with Crippen LogP contribution in [0.4, 0.5) is 24.7 Å². The first-order valence-corrected chi connectivity index (χ1v) is 8.78. The van der Waals surface area contributed by atoms with Crippen molar-refractivity contribution in [3.8, 4) is 0 Å². The van der Waals surface area contributed by atoms with Gasteiger partial charge in [-0.25, -0.2) is 4.98 Å². The molecule has 0 aliphatic carbocycles. The van der Waals surface area contributed by atoms with Gasteiger partial charge in [0.05, 0.1) is 17.2 Å². The number of halogens is 3. The first-order valence-electron chi connectivity index (χ1n) is 8.78. The third kappa shape index (κ3) is 3.93. The second kappa shape index (κ2) is 7.23. The number of alkyl halides is 3. The summed E-state index contributed by atoms with van der Waals surface area (Å²) < 4.78 is 40.9. The molecule has 0 spiro atoms. The van der Waals surface area contributed by atoms with Crippen LogP contribution in [0.15, 0.2) is 36.7 Å². The Hall–Kier alpha value is -2.54. The number of aromatic nitrogens is 2. The van der Waals surface area contributed by atoms with Crippen molar-refractivity contribution >= 4 is 22.4 Å². The first kappa shape index (κ1) is 19.2. The molecule has 0 saturated carbocycles. The van der Waals surface area contributed by atoms with Crippen molar-refractivity contribution in [2.24, 2.45) is 0 Å². The molecule has 0 aliphatic rings. The summed E-state index contributed by atoms with van der Waals surface area (Å²) in [6.07, 6.45) is -0.634. The van der Waals surface area contributed by atoms with Crippen LogP contribution < -0.4 is 5.32 Å². The summed E-state index contributed by atoms with van der Waals surface area (Å²) in [6, 6.07) is 6.02. The van der Waals surface area contributed by atoms with Gasteiger partial charge in [-0.15, -0.1) is 0 Å². The van der Waals surface area contributed by atoms with Gasteiger partial charge >= 0.3 is 6.18 Å². The second-order valence-electron chi connectivity index (χ2n) is 6.73. The number of fused-ring (bicyclic) bond motifs is 1. The van der Waals surface area contributed by atoms with Gasteiger partial charge in [-0.3, -0.25) is 0 Å². The fourth-order valence-electron chi connectivity index (χ4n) is 3.18. The lowest BCUT2D eigenvalue weighted by Crippen LogP contribution is -2.13. The van der Waals surface area contributed by atoms with E-state index >= 15 is 0 Å². The third-order valence-corrected chi connectivity index (χ3v) is 4.68. The highest BCUT2D eigenvalue weighted by Crippen LogP contribution is 2.35. The van der Waals surface area contributed by atoms with Crippen LogP contribution in [0.3, 0.4) is 0 Å². The average Bonchev–Trinajstić information content (AvgIpc) is 3.00. The summed E-state index contributed by atoms with van der Waals surface area (Å²) in [5.74, 6) is 0.572. The molecule has 144 valence electrons. The smallest absolute Gasteiger partial charge is 0.391 e. The van der Waals surface area contributed by atoms with Crippen molar-refractivity contribution < 1.29 is 18.3 Å². The maximum Gasteiger partial charge on any atom is 0.416 e. The molecule has 1 atom stereocenters. The van der Waals surface area contributed by atoms with E-state index < -0.39 is 17.8 Å². The Morgan fingerprint density at radius 1 is 1.19 bits per heavy atom. The monoisotopic (exact) mass is 377 g/mol. The number of nitrogens with zero attached hydrogens (tertiary/aromatic N) is 2. The van der Waals surface area contributed by atoms with E-state index in [0.29, 0.717) is 35.6 Å². The molecule has 2 aromatic heterocycles. The predicted molar refractivity (Wildman–Crippen MR) is 100 cm³/mol. The molecule has 0 amide bonds. The first-order chi connectivity index (χ1) is 12.7. The largest absolute Gasteiger partial charge is 0.416 e. The molecule has 3 aromatic rings. The Kier molecular flexibility index (Phi) is 5.15. The SMILES string of the molecule is CC[C@H](O)Cn1ccc2c(Nc3c(C)cc(C(F)(F)F)cc3C)nccc21. The minimum Gasteiger partial charge on any atom is -0.391 e. The minimum atomic E-state index is -4.37. The summed E-state index contributed by atoms with van der Waals surface area (Å²) >= 11 is 0. The number of aryl methyl sites for hydroxylation is 2. The van der Waals surface area contributed by atoms with Crippen LogP contribution in [-0.2, 0) is 12.7 Å². The van der Waals surface area contributed by atoms with Crippen LogP contribution in [0.5, 0.6) is 0 Å². The van der Waals surface area contributed by atoms with Crippen LogP contribution in [0, 0.1) is 13.8 Å². The number of hydrogen-bond acceptors (Lipinski definition) is 3. The van der Waals surface area contributed by atoms with Crippen LogP contribution in [0.2, 0.25) is 0 Å². The lowest BCUT2D eigenvalue weighted by Gasteiger charge is -2.16. The maximum absolute atomic E-state index is 13.0. The van der Waals surface area contributed by atoms with E-state index in [0.717, 1.165) is 23.0 Å². The zero-order chi connectivity index (χ0) is 19.8. The number of benzene rings is 1. The zero-order valence-corrected chi connectivity index (χ0v) is 15.4. The van der Waals surface area contributed by atoms with E-state index in [9.17, 15) is 18.3 Å². The van der Waals surface area contributed by atoms with Gasteiger partial charge < -0.3 is 15.0 Å². The molecule has 27 heavy (non-hydrogen) atoms. The van der Waals surface area contributed by atoms with E-state index in [1.165, 1.54) is 0 Å². The van der Waals surface area contributed by atoms with Crippen molar-refractivity contribution in [3.05, 3.63) is 53.3 Å². The molecule has 0 unspecified atom stereocenters. The third-order valence-electron chi connectivity index (χ3n) is 4.68. The number of pyridine rings is 1. The Morgan fingerprint density at radius 2 is 1.85 bits per heavy atom. The highest BCUT2D eigenvalue weighted by molar-refractivity contribution is 5.92. The number of nitrogens with one attached hydrogen (secondary N) is 1. The van der Waals surface area contributed by atoms with Gasteiger partial charge in [0, 0.05) is 30.0 Å². The molecule has 1 aromatic carbocycles. The van der Waals surface area contributed by atoms with Crippen LogP contribution >= 0.6 is 0 Å². The number of hydrogen-bond donors (Lipinski definition) is 2. The standard InChI is InChI=1S/C20H22F3N3O/c1-4-15(27)11-26-8-6-16-17(26)5-7-24-19(16)25-18-12(2)9-14(10-13(18)3)20(21,22)23/h5-10,15,27H,4,11H2,1-3H3,(H,24,25)/t15-/m0/s1. The van der Waals surface area contributed by atoms with Crippen molar-refractivity contribution in [3.63, 3.8) is 0 Å². The normalized spacial score (nSPS) is 13.1. The highest BCUT2D eigenvalue weighted by Gasteiger charge is 2.31. The van der Waals surface area contributed by atoms with Crippen LogP contribution in [0.25, 0.3) is 10.9 Å². The van der Waals surface area contributed by atoms with Crippen molar-refractivity contribution in [1.82, 2.24) is 9.55 Å². The molecule has 0 bridgehead atoms. The predicted octanol–water partition coefficient (Wildman–Crippen LogP) is 5.19. The Labute approximate surface area is 155 Å². The lowest BCUT2D eigenvalue weighted by atomic mass is 10.0. The molecule has 2 N–H and O–H groups in total. The van der Waals surface area contributed by atoms with Crippen molar-refractivity contribution in [2.45, 2.75) is 46.0 Å². The molecule has 0 aliphatic heterocycles. The Balaban J connectivity index is 1.98. The van der Waals surface area contributed by atoms with Crippen LogP contribution in [0.1, 0.15) is 30.0 Å². The molecule has 3 rings (SSSR count). The van der Waals surface area contributed by atoms with E-state index in [1.807, 2.05) is 29.8 Å². The highest BCUT2D eigenvalue weighted by atomic mass is 19.4. The molecule has 7 heteroatoms. The summed E-state index contributed by atoms with van der Waals surface area (Å²) in [5.41, 5.74) is 1.87. The van der Waals surface area contributed by atoms with E-state index in [-0.39, 0.29) is 0 Å². The molecule has 0 saturated heterocycles. The van der Waals surface area contributed by atoms with Crippen LogP contribution in [-0.4, -0.2) is 20.8 Å². The summed E-state index contributed by atoms with van der Waals surface area (Å²) in [6.45, 7) is 5.68. The summed E-state index contributed by atoms with van der Waals surface area (Å²) in [4.78, 5) is 4.36. The van der Waals surface area contributed by atoms with Gasteiger partial charge in [-0.2, -0.15) is 13.2 Å². The minimum absolute atomic E-state index is 0.440. The number of aliphatic hydroxyl groups excluding tert-OH is 1. The summed E-state index contributed by atoms with van der Waals surface area (Å²) in [7, 11) is 0. The number of aliphatic hydroxyl groups is 1. The fraction of sp³-hybridized carbons (Fsp3) is 0.350.